The highest BCUT2D eigenvalue weighted by atomic mass is 35.5. The molecule has 3 aromatic rings. The van der Waals surface area contributed by atoms with Crippen molar-refractivity contribution < 1.29 is 9.13 Å². The Morgan fingerprint density at radius 2 is 1.88 bits per heavy atom. The van der Waals surface area contributed by atoms with E-state index in [-0.39, 0.29) is 30.4 Å². The van der Waals surface area contributed by atoms with E-state index in [4.69, 9.17) is 10.5 Å². The van der Waals surface area contributed by atoms with E-state index in [1.807, 2.05) is 31.2 Å². The van der Waals surface area contributed by atoms with Gasteiger partial charge < -0.3 is 15.0 Å². The fourth-order valence-corrected chi connectivity index (χ4v) is 3.40. The maximum Gasteiger partial charge on any atom is 0.123 e. The van der Waals surface area contributed by atoms with Gasteiger partial charge in [0, 0.05) is 24.2 Å². The van der Waals surface area contributed by atoms with Crippen LogP contribution in [0, 0.1) is 12.7 Å². The summed E-state index contributed by atoms with van der Waals surface area (Å²) in [6.07, 6.45) is 2.76. The zero-order chi connectivity index (χ0) is 17.1. The van der Waals surface area contributed by atoms with E-state index >= 15 is 0 Å². The van der Waals surface area contributed by atoms with Crippen LogP contribution in [0.15, 0.2) is 54.7 Å². The molecule has 134 valence electrons. The minimum Gasteiger partial charge on any atom is -0.379 e. The van der Waals surface area contributed by atoms with Crippen molar-refractivity contribution >= 4 is 23.3 Å². The van der Waals surface area contributed by atoms with Gasteiger partial charge in [0.1, 0.15) is 5.82 Å². The lowest BCUT2D eigenvalue weighted by molar-refractivity contribution is 0.0660. The van der Waals surface area contributed by atoms with Crippen LogP contribution >= 0.6 is 12.4 Å². The van der Waals surface area contributed by atoms with Crippen molar-refractivity contribution in [3.63, 3.8) is 0 Å². The maximum atomic E-state index is 13.6. The number of hydrogen-bond acceptors (Lipinski definition) is 2. The van der Waals surface area contributed by atoms with Crippen LogP contribution in [0.3, 0.4) is 0 Å². The van der Waals surface area contributed by atoms with Gasteiger partial charge in [0.05, 0.1) is 12.1 Å². The number of methoxy groups -OCH3 is 1. The van der Waals surface area contributed by atoms with Crippen LogP contribution in [0.1, 0.15) is 23.6 Å². The monoisotopic (exact) mass is 362 g/mol. The summed E-state index contributed by atoms with van der Waals surface area (Å²) in [6.45, 7) is 2.56. The first-order valence-electron chi connectivity index (χ1n) is 8.20. The predicted octanol–water partition coefficient (Wildman–Crippen LogP) is 4.46. The Bertz CT molecular complexity index is 819. The lowest BCUT2D eigenvalue weighted by Crippen LogP contribution is -2.29. The molecule has 0 bridgehead atoms. The minimum absolute atomic E-state index is 0. The molecule has 25 heavy (non-hydrogen) atoms. The summed E-state index contributed by atoms with van der Waals surface area (Å²) < 4.78 is 21.6. The average molecular weight is 363 g/mol. The van der Waals surface area contributed by atoms with Gasteiger partial charge in [-0.2, -0.15) is 0 Å². The van der Waals surface area contributed by atoms with Crippen molar-refractivity contribution in [2.24, 2.45) is 5.73 Å². The van der Waals surface area contributed by atoms with Crippen LogP contribution in [0.4, 0.5) is 4.39 Å². The number of hydrogen-bond donors (Lipinski definition) is 1. The average Bonchev–Trinajstić information content (AvgIpc) is 2.91. The van der Waals surface area contributed by atoms with Gasteiger partial charge in [0.25, 0.3) is 0 Å². The Morgan fingerprint density at radius 1 is 1.16 bits per heavy atom. The molecule has 1 aromatic heterocycles. The molecule has 0 radical (unpaired) electrons. The first kappa shape index (κ1) is 19.4. The molecule has 0 aliphatic heterocycles. The van der Waals surface area contributed by atoms with Crippen molar-refractivity contribution in [3.8, 4) is 0 Å². The predicted molar refractivity (Wildman–Crippen MR) is 103 cm³/mol. The molecule has 0 fully saturated rings. The Morgan fingerprint density at radius 3 is 2.52 bits per heavy atom. The summed E-state index contributed by atoms with van der Waals surface area (Å²) in [5, 5.41) is 0.929. The van der Waals surface area contributed by atoms with Crippen molar-refractivity contribution in [2.45, 2.75) is 25.5 Å². The largest absolute Gasteiger partial charge is 0.379 e. The minimum atomic E-state index is -0.218. The Kier molecular flexibility index (Phi) is 6.59. The van der Waals surface area contributed by atoms with Crippen LogP contribution in [-0.2, 0) is 4.74 Å². The number of benzene rings is 2. The standard InChI is InChI=1S/C20H23FN2O.ClH/c1-14-13-23(18-9-8-16(21)12-17(14)18)20(19(24-2)10-11-22)15-6-4-3-5-7-15;/h3-9,12-13,19-20H,10-11,22H2,1-2H3;1H/t19-,20+;/m1./s1. The van der Waals surface area contributed by atoms with E-state index in [1.165, 1.54) is 6.07 Å². The van der Waals surface area contributed by atoms with Crippen molar-refractivity contribution in [2.75, 3.05) is 13.7 Å². The molecule has 0 saturated carbocycles. The summed E-state index contributed by atoms with van der Waals surface area (Å²) in [7, 11) is 1.72. The van der Waals surface area contributed by atoms with Crippen molar-refractivity contribution in [3.05, 3.63) is 71.7 Å². The third kappa shape index (κ3) is 3.87. The summed E-state index contributed by atoms with van der Waals surface area (Å²) in [4.78, 5) is 0. The van der Waals surface area contributed by atoms with Gasteiger partial charge in [-0.3, -0.25) is 0 Å². The number of aromatic nitrogens is 1. The SMILES string of the molecule is CO[C@H](CCN)[C@H](c1ccccc1)n1cc(C)c2cc(F)ccc21.Cl. The van der Waals surface area contributed by atoms with Crippen molar-refractivity contribution in [1.82, 2.24) is 4.57 Å². The molecule has 0 spiro atoms. The molecular weight excluding hydrogens is 339 g/mol. The number of nitrogens with two attached hydrogens (primary N) is 1. The Labute approximate surface area is 154 Å². The van der Waals surface area contributed by atoms with Gasteiger partial charge in [-0.05, 0) is 49.2 Å². The molecule has 0 unspecified atom stereocenters. The number of aryl methyl sites for hydroxylation is 1. The summed E-state index contributed by atoms with van der Waals surface area (Å²) in [5.74, 6) is -0.218. The Hall–Kier alpha value is -1.88. The molecule has 2 N–H and O–H groups in total. The highest BCUT2D eigenvalue weighted by molar-refractivity contribution is 5.85. The molecule has 0 saturated heterocycles. The van der Waals surface area contributed by atoms with Gasteiger partial charge in [0.15, 0.2) is 0 Å². The van der Waals surface area contributed by atoms with Crippen LogP contribution in [0.25, 0.3) is 10.9 Å². The molecule has 5 heteroatoms. The fraction of sp³-hybridized carbons (Fsp3) is 0.300. The third-order valence-electron chi connectivity index (χ3n) is 4.54. The molecule has 0 aliphatic rings. The second kappa shape index (κ2) is 8.48. The van der Waals surface area contributed by atoms with Gasteiger partial charge in [-0.25, -0.2) is 4.39 Å². The molecule has 1 heterocycles. The van der Waals surface area contributed by atoms with E-state index in [1.54, 1.807) is 13.2 Å². The van der Waals surface area contributed by atoms with E-state index < -0.39 is 0 Å². The van der Waals surface area contributed by atoms with Gasteiger partial charge in [0.2, 0.25) is 0 Å². The van der Waals surface area contributed by atoms with Gasteiger partial charge in [-0.1, -0.05) is 30.3 Å². The number of nitrogens with zero attached hydrogens (tertiary/aromatic N) is 1. The van der Waals surface area contributed by atoms with E-state index in [2.05, 4.69) is 22.9 Å². The van der Waals surface area contributed by atoms with Crippen LogP contribution in [0.2, 0.25) is 0 Å². The molecule has 2 aromatic carbocycles. The first-order chi connectivity index (χ1) is 11.7. The number of halogens is 2. The van der Waals surface area contributed by atoms with Crippen LogP contribution in [0.5, 0.6) is 0 Å². The van der Waals surface area contributed by atoms with E-state index in [0.29, 0.717) is 6.54 Å². The maximum absolute atomic E-state index is 13.6. The first-order valence-corrected chi connectivity index (χ1v) is 8.20. The second-order valence-corrected chi connectivity index (χ2v) is 6.09. The number of rotatable bonds is 6. The topological polar surface area (TPSA) is 40.2 Å². The smallest absolute Gasteiger partial charge is 0.123 e. The number of ether oxygens (including phenoxy) is 1. The quantitative estimate of drug-likeness (QED) is 0.703. The van der Waals surface area contributed by atoms with Crippen LogP contribution in [-0.4, -0.2) is 24.3 Å². The summed E-state index contributed by atoms with van der Waals surface area (Å²) >= 11 is 0. The molecule has 3 rings (SSSR count). The summed E-state index contributed by atoms with van der Waals surface area (Å²) in [5.41, 5.74) is 9.00. The van der Waals surface area contributed by atoms with E-state index in [0.717, 1.165) is 28.5 Å². The molecular formula is C20H24ClFN2O. The normalized spacial score (nSPS) is 13.4. The fourth-order valence-electron chi connectivity index (χ4n) is 3.40. The van der Waals surface area contributed by atoms with Gasteiger partial charge >= 0.3 is 0 Å². The van der Waals surface area contributed by atoms with E-state index in [9.17, 15) is 4.39 Å². The summed E-state index contributed by atoms with van der Waals surface area (Å²) in [6, 6.07) is 15.2. The highest BCUT2D eigenvalue weighted by Crippen LogP contribution is 2.32. The lowest BCUT2D eigenvalue weighted by Gasteiger charge is -2.28. The second-order valence-electron chi connectivity index (χ2n) is 6.09. The number of fused-ring (bicyclic) bond motifs is 1. The van der Waals surface area contributed by atoms with Crippen LogP contribution < -0.4 is 5.73 Å². The zero-order valence-corrected chi connectivity index (χ0v) is 15.3. The lowest BCUT2D eigenvalue weighted by atomic mass is 9.98. The third-order valence-corrected chi connectivity index (χ3v) is 4.54. The molecule has 0 amide bonds. The molecule has 3 nitrogen and oxygen atoms in total. The van der Waals surface area contributed by atoms with Gasteiger partial charge in [-0.15, -0.1) is 12.4 Å². The zero-order valence-electron chi connectivity index (χ0n) is 14.5. The molecule has 2 atom stereocenters. The highest BCUT2D eigenvalue weighted by Gasteiger charge is 2.26. The van der Waals surface area contributed by atoms with Crippen molar-refractivity contribution in [1.29, 1.82) is 0 Å². The molecule has 0 aliphatic carbocycles. The Balaban J connectivity index is 0.00000225.